The Kier molecular flexibility index (Phi) is 4.10. The molecule has 124 valence electrons. The summed E-state index contributed by atoms with van der Waals surface area (Å²) < 4.78 is 7.99. The van der Waals surface area contributed by atoms with Crippen molar-refractivity contribution >= 4 is 38.3 Å². The van der Waals surface area contributed by atoms with E-state index in [-0.39, 0.29) is 5.56 Å². The van der Waals surface area contributed by atoms with Crippen LogP contribution in [0.15, 0.2) is 57.8 Å². The summed E-state index contributed by atoms with van der Waals surface area (Å²) in [4.78, 5) is 17.7. The Bertz CT molecular complexity index is 1170. The second-order valence-electron chi connectivity index (χ2n) is 5.30. The molecule has 0 atom stereocenters. The Morgan fingerprint density at radius 1 is 1.16 bits per heavy atom. The summed E-state index contributed by atoms with van der Waals surface area (Å²) in [6, 6.07) is 15.2. The van der Waals surface area contributed by atoms with Crippen LogP contribution in [0.2, 0.25) is 0 Å². The molecule has 4 aromatic rings. The number of hydrogen-bond acceptors (Lipinski definition) is 5. The minimum absolute atomic E-state index is 0.165. The van der Waals surface area contributed by atoms with Gasteiger partial charge in [-0.15, -0.1) is 5.10 Å². The molecule has 5 nitrogen and oxygen atoms in total. The van der Waals surface area contributed by atoms with Crippen LogP contribution in [0.25, 0.3) is 22.4 Å². The zero-order valence-electron chi connectivity index (χ0n) is 13.1. The van der Waals surface area contributed by atoms with E-state index in [1.807, 2.05) is 54.6 Å². The highest BCUT2D eigenvalue weighted by molar-refractivity contribution is 9.10. The molecule has 25 heavy (non-hydrogen) atoms. The highest BCUT2D eigenvalue weighted by Crippen LogP contribution is 2.25. The maximum Gasteiger partial charge on any atom is 0.291 e. The Labute approximate surface area is 155 Å². The lowest BCUT2D eigenvalue weighted by Crippen LogP contribution is -2.23. The van der Waals surface area contributed by atoms with Gasteiger partial charge in [0.05, 0.1) is 11.6 Å². The monoisotopic (exact) mass is 413 g/mol. The van der Waals surface area contributed by atoms with Crippen molar-refractivity contribution < 1.29 is 4.74 Å². The van der Waals surface area contributed by atoms with E-state index in [0.717, 1.165) is 21.3 Å². The molecular weight excluding hydrogens is 402 g/mol. The Hall–Kier alpha value is -2.51. The number of fused-ring (bicyclic) bond motifs is 1. The van der Waals surface area contributed by atoms with E-state index < -0.39 is 0 Å². The normalized spacial score (nSPS) is 12.0. The summed E-state index contributed by atoms with van der Waals surface area (Å²) in [6.45, 7) is 0. The SMILES string of the molecule is COc1ccc(/C=c2\sc3nc(-c4ccccc4Br)nn3c2=O)cc1. The average Bonchev–Trinajstić information content (AvgIpc) is 3.16. The number of benzene rings is 2. The predicted octanol–water partition coefficient (Wildman–Crippen LogP) is 3.14. The molecule has 0 fully saturated rings. The van der Waals surface area contributed by atoms with Gasteiger partial charge in [-0.3, -0.25) is 4.79 Å². The van der Waals surface area contributed by atoms with Gasteiger partial charge in [0, 0.05) is 10.0 Å². The molecule has 7 heteroatoms. The topological polar surface area (TPSA) is 56.5 Å². The van der Waals surface area contributed by atoms with E-state index in [0.29, 0.717) is 15.3 Å². The Morgan fingerprint density at radius 3 is 2.60 bits per heavy atom. The highest BCUT2D eigenvalue weighted by Gasteiger charge is 2.13. The first-order valence-electron chi connectivity index (χ1n) is 7.46. The van der Waals surface area contributed by atoms with Gasteiger partial charge in [-0.05, 0) is 35.9 Å². The molecule has 0 radical (unpaired) electrons. The number of rotatable bonds is 3. The number of nitrogens with zero attached hydrogens (tertiary/aromatic N) is 3. The summed E-state index contributed by atoms with van der Waals surface area (Å²) in [6.07, 6.45) is 1.83. The van der Waals surface area contributed by atoms with Crippen molar-refractivity contribution in [2.24, 2.45) is 0 Å². The van der Waals surface area contributed by atoms with Gasteiger partial charge in [0.15, 0.2) is 5.82 Å². The lowest BCUT2D eigenvalue weighted by atomic mass is 10.2. The lowest BCUT2D eigenvalue weighted by Gasteiger charge is -1.98. The van der Waals surface area contributed by atoms with Crippen molar-refractivity contribution in [1.29, 1.82) is 0 Å². The van der Waals surface area contributed by atoms with Crippen LogP contribution in [0.1, 0.15) is 5.56 Å². The molecule has 0 saturated carbocycles. The largest absolute Gasteiger partial charge is 0.497 e. The van der Waals surface area contributed by atoms with E-state index in [9.17, 15) is 4.79 Å². The zero-order chi connectivity index (χ0) is 17.4. The fourth-order valence-corrected chi connectivity index (χ4v) is 3.81. The van der Waals surface area contributed by atoms with Gasteiger partial charge in [0.2, 0.25) is 4.96 Å². The van der Waals surface area contributed by atoms with Crippen molar-refractivity contribution in [1.82, 2.24) is 14.6 Å². The molecule has 0 aliphatic heterocycles. The molecule has 0 bridgehead atoms. The smallest absolute Gasteiger partial charge is 0.291 e. The third-order valence-corrected chi connectivity index (χ3v) is 5.36. The van der Waals surface area contributed by atoms with Crippen LogP contribution in [-0.4, -0.2) is 21.7 Å². The lowest BCUT2D eigenvalue weighted by molar-refractivity contribution is 0.415. The number of aromatic nitrogens is 3. The fourth-order valence-electron chi connectivity index (χ4n) is 2.44. The molecule has 0 saturated heterocycles. The Balaban J connectivity index is 1.79. The number of halogens is 1. The fraction of sp³-hybridized carbons (Fsp3) is 0.0556. The number of methoxy groups -OCH3 is 1. The van der Waals surface area contributed by atoms with Crippen LogP contribution in [0.3, 0.4) is 0 Å². The van der Waals surface area contributed by atoms with E-state index in [1.54, 1.807) is 7.11 Å². The second kappa shape index (κ2) is 6.42. The summed E-state index contributed by atoms with van der Waals surface area (Å²) in [5, 5.41) is 4.37. The van der Waals surface area contributed by atoms with Gasteiger partial charge < -0.3 is 4.74 Å². The second-order valence-corrected chi connectivity index (χ2v) is 7.16. The number of hydrogen-bond donors (Lipinski definition) is 0. The molecule has 2 heterocycles. The summed E-state index contributed by atoms with van der Waals surface area (Å²) in [5.74, 6) is 1.31. The molecule has 4 rings (SSSR count). The third kappa shape index (κ3) is 2.96. The quantitative estimate of drug-likeness (QED) is 0.517. The van der Waals surface area contributed by atoms with Crippen molar-refractivity contribution in [3.05, 3.63) is 73.5 Å². The highest BCUT2D eigenvalue weighted by atomic mass is 79.9. The minimum Gasteiger partial charge on any atom is -0.497 e. The average molecular weight is 414 g/mol. The maximum absolute atomic E-state index is 12.6. The molecule has 0 amide bonds. The third-order valence-electron chi connectivity index (χ3n) is 3.71. The molecular formula is C18H12BrN3O2S. The van der Waals surface area contributed by atoms with Crippen LogP contribution in [0.4, 0.5) is 0 Å². The van der Waals surface area contributed by atoms with Crippen molar-refractivity contribution in [3.63, 3.8) is 0 Å². The molecule has 0 N–H and O–H groups in total. The van der Waals surface area contributed by atoms with Gasteiger partial charge in [-0.1, -0.05) is 51.5 Å². The van der Waals surface area contributed by atoms with Crippen LogP contribution in [0, 0.1) is 0 Å². The zero-order valence-corrected chi connectivity index (χ0v) is 15.5. The Morgan fingerprint density at radius 2 is 1.92 bits per heavy atom. The maximum atomic E-state index is 12.6. The van der Waals surface area contributed by atoms with E-state index in [1.165, 1.54) is 15.9 Å². The molecule has 0 unspecified atom stereocenters. The first-order valence-corrected chi connectivity index (χ1v) is 9.07. The van der Waals surface area contributed by atoms with Crippen LogP contribution < -0.4 is 14.8 Å². The van der Waals surface area contributed by atoms with Crippen molar-refractivity contribution in [2.75, 3.05) is 7.11 Å². The summed E-state index contributed by atoms with van der Waals surface area (Å²) in [7, 11) is 1.62. The standard InChI is InChI=1S/C18H12BrN3O2S/c1-24-12-8-6-11(7-9-12)10-15-17(23)22-18(25-15)20-16(21-22)13-4-2-3-5-14(13)19/h2-10H,1H3/b15-10-. The van der Waals surface area contributed by atoms with Gasteiger partial charge in [0.1, 0.15) is 5.75 Å². The van der Waals surface area contributed by atoms with Gasteiger partial charge in [0.25, 0.3) is 5.56 Å². The van der Waals surface area contributed by atoms with E-state index in [4.69, 9.17) is 4.74 Å². The molecule has 2 aromatic carbocycles. The molecule has 0 aliphatic carbocycles. The van der Waals surface area contributed by atoms with E-state index >= 15 is 0 Å². The van der Waals surface area contributed by atoms with Crippen LogP contribution in [-0.2, 0) is 0 Å². The summed E-state index contributed by atoms with van der Waals surface area (Å²) >= 11 is 4.81. The van der Waals surface area contributed by atoms with Gasteiger partial charge >= 0.3 is 0 Å². The molecule has 0 spiro atoms. The van der Waals surface area contributed by atoms with Crippen LogP contribution >= 0.6 is 27.3 Å². The predicted molar refractivity (Wildman–Crippen MR) is 102 cm³/mol. The summed E-state index contributed by atoms with van der Waals surface area (Å²) in [5.41, 5.74) is 1.62. The molecule has 0 aliphatic rings. The van der Waals surface area contributed by atoms with Crippen LogP contribution in [0.5, 0.6) is 5.75 Å². The number of ether oxygens (including phenoxy) is 1. The number of thiazole rings is 1. The van der Waals surface area contributed by atoms with Crippen molar-refractivity contribution in [2.45, 2.75) is 0 Å². The van der Waals surface area contributed by atoms with Crippen molar-refractivity contribution in [3.8, 4) is 17.1 Å². The van der Waals surface area contributed by atoms with E-state index in [2.05, 4.69) is 26.0 Å². The first-order chi connectivity index (χ1) is 12.2. The van der Waals surface area contributed by atoms with Gasteiger partial charge in [-0.2, -0.15) is 9.50 Å². The minimum atomic E-state index is -0.165. The molecule has 2 aromatic heterocycles. The first kappa shape index (κ1) is 16.0. The van der Waals surface area contributed by atoms with Gasteiger partial charge in [-0.25, -0.2) is 0 Å².